The van der Waals surface area contributed by atoms with Crippen LogP contribution in [0.1, 0.15) is 16.2 Å². The Labute approximate surface area is 116 Å². The highest BCUT2D eigenvalue weighted by Crippen LogP contribution is 2.12. The van der Waals surface area contributed by atoms with Gasteiger partial charge in [0.25, 0.3) is 0 Å². The Kier molecular flexibility index (Phi) is 3.46. The zero-order valence-electron chi connectivity index (χ0n) is 9.42. The maximum Gasteiger partial charge on any atom is 0.360 e. The number of hydrogen-bond acceptors (Lipinski definition) is 3. The highest BCUT2D eigenvalue weighted by molar-refractivity contribution is 14.1. The number of aromatic nitrogens is 2. The first-order chi connectivity index (χ1) is 8.49. The molecule has 0 aliphatic carbocycles. The number of carbonyl (C=O) groups is 1. The Morgan fingerprint density at radius 2 is 2.11 bits per heavy atom. The second kappa shape index (κ2) is 4.89. The van der Waals surface area contributed by atoms with Crippen LogP contribution in [-0.4, -0.2) is 20.9 Å². The summed E-state index contributed by atoms with van der Waals surface area (Å²) in [7, 11) is 0. The fraction of sp³-hybridized carbons (Fsp3) is 0.0833. The Morgan fingerprint density at radius 3 is 2.72 bits per heavy atom. The molecule has 0 atom stereocenters. The molecule has 6 heteroatoms. The van der Waals surface area contributed by atoms with Gasteiger partial charge in [0.15, 0.2) is 0 Å². The molecule has 0 radical (unpaired) electrons. The first kappa shape index (κ1) is 12.7. The van der Waals surface area contributed by atoms with Crippen LogP contribution < -0.4 is 5.43 Å². The van der Waals surface area contributed by atoms with Crippen LogP contribution >= 0.6 is 22.6 Å². The predicted octanol–water partition coefficient (Wildman–Crippen LogP) is 1.84. The lowest BCUT2D eigenvalue weighted by Gasteiger charge is -2.10. The molecule has 92 valence electrons. The van der Waals surface area contributed by atoms with E-state index in [9.17, 15) is 9.59 Å². The zero-order valence-corrected chi connectivity index (χ0v) is 11.6. The number of carboxylic acid groups (broad SMARTS) is 1. The summed E-state index contributed by atoms with van der Waals surface area (Å²) >= 11 is 2.15. The lowest BCUT2D eigenvalue weighted by molar-refractivity contribution is 0.0686. The Bertz CT molecular complexity index is 679. The molecule has 18 heavy (non-hydrogen) atoms. The highest BCUT2D eigenvalue weighted by Gasteiger charge is 2.13. The van der Waals surface area contributed by atoms with Crippen molar-refractivity contribution in [3.05, 3.63) is 55.5 Å². The number of aromatic carboxylic acids is 1. The number of aryl methyl sites for hydroxylation is 1. The Morgan fingerprint density at radius 1 is 1.39 bits per heavy atom. The van der Waals surface area contributed by atoms with Gasteiger partial charge < -0.3 is 5.11 Å². The minimum Gasteiger partial charge on any atom is -0.476 e. The van der Waals surface area contributed by atoms with Gasteiger partial charge in [-0.1, -0.05) is 6.07 Å². The molecule has 1 N–H and O–H groups in total. The molecule has 0 bridgehead atoms. The standard InChI is InChI=1S/C12H9IN2O3/c1-7-5-10(16)11(12(17)18)14-15(7)9-4-2-3-8(13)6-9/h2-6H,1H3,(H,17,18). The second-order valence-electron chi connectivity index (χ2n) is 3.70. The van der Waals surface area contributed by atoms with Crippen LogP contribution in [0.2, 0.25) is 0 Å². The molecule has 0 spiro atoms. The summed E-state index contributed by atoms with van der Waals surface area (Å²) in [6.07, 6.45) is 0. The molecule has 2 rings (SSSR count). The topological polar surface area (TPSA) is 72.2 Å². The maximum absolute atomic E-state index is 11.5. The van der Waals surface area contributed by atoms with E-state index in [0.717, 1.165) is 9.26 Å². The summed E-state index contributed by atoms with van der Waals surface area (Å²) in [6.45, 7) is 1.71. The number of benzene rings is 1. The Balaban J connectivity index is 2.68. The number of rotatable bonds is 2. The van der Waals surface area contributed by atoms with E-state index in [2.05, 4.69) is 27.7 Å². The molecule has 1 heterocycles. The molecule has 0 unspecified atom stereocenters. The molecule has 0 amide bonds. The summed E-state index contributed by atoms with van der Waals surface area (Å²) in [4.78, 5) is 22.4. The SMILES string of the molecule is Cc1cc(=O)c(C(=O)O)nn1-c1cccc(I)c1. The second-order valence-corrected chi connectivity index (χ2v) is 4.94. The van der Waals surface area contributed by atoms with Crippen molar-refractivity contribution in [2.75, 3.05) is 0 Å². The smallest absolute Gasteiger partial charge is 0.360 e. The first-order valence-electron chi connectivity index (χ1n) is 5.09. The summed E-state index contributed by atoms with van der Waals surface area (Å²) in [5.74, 6) is -1.32. The van der Waals surface area contributed by atoms with Crippen LogP contribution in [0.5, 0.6) is 0 Å². The van der Waals surface area contributed by atoms with Crippen molar-refractivity contribution >= 4 is 28.6 Å². The summed E-state index contributed by atoms with van der Waals surface area (Å²) < 4.78 is 2.45. The monoisotopic (exact) mass is 356 g/mol. The summed E-state index contributed by atoms with van der Waals surface area (Å²) in [5, 5.41) is 12.8. The molecule has 5 nitrogen and oxygen atoms in total. The fourth-order valence-corrected chi connectivity index (χ4v) is 2.09. The van der Waals surface area contributed by atoms with Crippen LogP contribution in [0.15, 0.2) is 35.1 Å². The molecule has 1 aromatic carbocycles. The van der Waals surface area contributed by atoms with Gasteiger partial charge in [-0.05, 0) is 47.7 Å². The molecule has 0 saturated carbocycles. The summed E-state index contributed by atoms with van der Waals surface area (Å²) in [6, 6.07) is 8.70. The van der Waals surface area contributed by atoms with Crippen molar-refractivity contribution in [2.45, 2.75) is 6.92 Å². The van der Waals surface area contributed by atoms with Crippen LogP contribution in [0.3, 0.4) is 0 Å². The molecular weight excluding hydrogens is 347 g/mol. The van der Waals surface area contributed by atoms with Gasteiger partial charge in [-0.3, -0.25) is 4.79 Å². The van der Waals surface area contributed by atoms with E-state index in [1.54, 1.807) is 13.0 Å². The minimum absolute atomic E-state index is 0.473. The number of hydrogen-bond donors (Lipinski definition) is 1. The van der Waals surface area contributed by atoms with Gasteiger partial charge in [0.2, 0.25) is 11.1 Å². The van der Waals surface area contributed by atoms with Gasteiger partial charge in [-0.15, -0.1) is 0 Å². The molecule has 2 aromatic rings. The van der Waals surface area contributed by atoms with E-state index in [0.29, 0.717) is 5.69 Å². The third-order valence-corrected chi connectivity index (χ3v) is 3.03. The van der Waals surface area contributed by atoms with E-state index in [-0.39, 0.29) is 0 Å². The minimum atomic E-state index is -1.32. The van der Waals surface area contributed by atoms with Crippen molar-refractivity contribution in [2.24, 2.45) is 0 Å². The van der Waals surface area contributed by atoms with Gasteiger partial charge in [0.1, 0.15) is 0 Å². The predicted molar refractivity (Wildman–Crippen MR) is 74.2 cm³/mol. The third kappa shape index (κ3) is 2.42. The van der Waals surface area contributed by atoms with Gasteiger partial charge in [-0.2, -0.15) is 5.10 Å². The van der Waals surface area contributed by atoms with E-state index >= 15 is 0 Å². The Hall–Kier alpha value is -1.70. The van der Waals surface area contributed by atoms with E-state index in [1.165, 1.54) is 10.7 Å². The van der Waals surface area contributed by atoms with E-state index in [1.807, 2.05) is 18.2 Å². The molecule has 0 saturated heterocycles. The van der Waals surface area contributed by atoms with Crippen molar-refractivity contribution in [3.8, 4) is 5.69 Å². The lowest BCUT2D eigenvalue weighted by atomic mass is 10.3. The average molecular weight is 356 g/mol. The van der Waals surface area contributed by atoms with Gasteiger partial charge in [-0.25, -0.2) is 9.48 Å². The largest absolute Gasteiger partial charge is 0.476 e. The molecule has 0 fully saturated rings. The van der Waals surface area contributed by atoms with Crippen LogP contribution in [0, 0.1) is 10.5 Å². The van der Waals surface area contributed by atoms with Crippen LogP contribution in [-0.2, 0) is 0 Å². The highest BCUT2D eigenvalue weighted by atomic mass is 127. The van der Waals surface area contributed by atoms with E-state index in [4.69, 9.17) is 5.11 Å². The molecular formula is C12H9IN2O3. The van der Waals surface area contributed by atoms with Crippen LogP contribution in [0.4, 0.5) is 0 Å². The maximum atomic E-state index is 11.5. The average Bonchev–Trinajstić information content (AvgIpc) is 2.28. The van der Waals surface area contributed by atoms with Gasteiger partial charge >= 0.3 is 5.97 Å². The van der Waals surface area contributed by atoms with Crippen molar-refractivity contribution in [1.82, 2.24) is 9.78 Å². The third-order valence-electron chi connectivity index (χ3n) is 2.36. The van der Waals surface area contributed by atoms with Crippen molar-refractivity contribution in [1.29, 1.82) is 0 Å². The van der Waals surface area contributed by atoms with Gasteiger partial charge in [0.05, 0.1) is 5.69 Å². The lowest BCUT2D eigenvalue weighted by Crippen LogP contribution is -2.22. The van der Waals surface area contributed by atoms with Crippen molar-refractivity contribution in [3.63, 3.8) is 0 Å². The quantitative estimate of drug-likeness (QED) is 0.834. The van der Waals surface area contributed by atoms with E-state index < -0.39 is 17.1 Å². The molecule has 1 aromatic heterocycles. The normalized spacial score (nSPS) is 10.3. The first-order valence-corrected chi connectivity index (χ1v) is 6.17. The number of carboxylic acids is 1. The zero-order chi connectivity index (χ0) is 13.3. The summed E-state index contributed by atoms with van der Waals surface area (Å²) in [5.41, 5.74) is 0.259. The van der Waals surface area contributed by atoms with Crippen LogP contribution in [0.25, 0.3) is 5.69 Å². The van der Waals surface area contributed by atoms with Crippen molar-refractivity contribution < 1.29 is 9.90 Å². The fourth-order valence-electron chi connectivity index (χ4n) is 1.56. The molecule has 0 aliphatic heterocycles. The van der Waals surface area contributed by atoms with Gasteiger partial charge in [0, 0.05) is 15.3 Å². The number of halogens is 1. The molecule has 0 aliphatic rings. The number of nitrogens with zero attached hydrogens (tertiary/aromatic N) is 2.